The van der Waals surface area contributed by atoms with Crippen LogP contribution in [0.4, 0.5) is 5.69 Å². The van der Waals surface area contributed by atoms with Crippen LogP contribution in [0.15, 0.2) is 39.7 Å². The van der Waals surface area contributed by atoms with Crippen molar-refractivity contribution in [3.63, 3.8) is 0 Å². The molecule has 2 aromatic rings. The van der Waals surface area contributed by atoms with Crippen LogP contribution in [0, 0.1) is 6.92 Å². The monoisotopic (exact) mass is 417 g/mol. The van der Waals surface area contributed by atoms with Crippen LogP contribution in [0.5, 0.6) is 11.5 Å². The molecule has 122 valence electrons. The fourth-order valence-electron chi connectivity index (χ4n) is 2.13. The molecule has 0 unspecified atom stereocenters. The van der Waals surface area contributed by atoms with Gasteiger partial charge >= 0.3 is 0 Å². The average Bonchev–Trinajstić information content (AvgIpc) is 2.50. The van der Waals surface area contributed by atoms with Crippen LogP contribution in [0.2, 0.25) is 5.02 Å². The van der Waals surface area contributed by atoms with Crippen molar-refractivity contribution >= 4 is 43.2 Å². The minimum absolute atomic E-state index is 0.157. The molecule has 5 nitrogen and oxygen atoms in total. The number of fused-ring (bicyclic) bond motifs is 1. The Hall–Kier alpha value is -1.44. The quantitative estimate of drug-likeness (QED) is 0.819. The molecule has 0 atom stereocenters. The molecule has 0 spiro atoms. The molecule has 23 heavy (non-hydrogen) atoms. The summed E-state index contributed by atoms with van der Waals surface area (Å²) in [4.78, 5) is 0.157. The minimum Gasteiger partial charge on any atom is -0.486 e. The van der Waals surface area contributed by atoms with E-state index in [9.17, 15) is 8.42 Å². The Morgan fingerprint density at radius 2 is 1.78 bits per heavy atom. The summed E-state index contributed by atoms with van der Waals surface area (Å²) in [5.41, 5.74) is 1.07. The summed E-state index contributed by atoms with van der Waals surface area (Å²) in [5, 5.41) is 0.242. The standard InChI is InChI=1S/C15H13BrClNO4S/c1-9-6-10(2-3-11(9)16)23(19,20)18-13-8-15-14(7-12(13)17)21-4-5-22-15/h2-3,6-8,18H,4-5H2,1H3. The van der Waals surface area contributed by atoms with Crippen LogP contribution < -0.4 is 14.2 Å². The highest BCUT2D eigenvalue weighted by Gasteiger charge is 2.20. The Morgan fingerprint density at radius 1 is 1.13 bits per heavy atom. The van der Waals surface area contributed by atoms with Gasteiger partial charge in [0, 0.05) is 16.6 Å². The van der Waals surface area contributed by atoms with Crippen molar-refractivity contribution in [1.82, 2.24) is 0 Å². The van der Waals surface area contributed by atoms with Gasteiger partial charge in [-0.3, -0.25) is 4.72 Å². The zero-order valence-corrected chi connectivity index (χ0v) is 15.3. The number of aryl methyl sites for hydroxylation is 1. The van der Waals surface area contributed by atoms with Crippen molar-refractivity contribution in [3.05, 3.63) is 45.4 Å². The van der Waals surface area contributed by atoms with Crippen LogP contribution in [0.3, 0.4) is 0 Å². The van der Waals surface area contributed by atoms with E-state index in [0.29, 0.717) is 24.7 Å². The molecule has 0 aromatic heterocycles. The van der Waals surface area contributed by atoms with Gasteiger partial charge in [0.25, 0.3) is 10.0 Å². The lowest BCUT2D eigenvalue weighted by Crippen LogP contribution is -2.17. The number of halogens is 2. The zero-order valence-electron chi connectivity index (χ0n) is 12.1. The van der Waals surface area contributed by atoms with Gasteiger partial charge in [-0.1, -0.05) is 27.5 Å². The largest absolute Gasteiger partial charge is 0.486 e. The average molecular weight is 419 g/mol. The lowest BCUT2D eigenvalue weighted by Gasteiger charge is -2.20. The van der Waals surface area contributed by atoms with Gasteiger partial charge in [-0.25, -0.2) is 8.42 Å². The Morgan fingerprint density at radius 3 is 2.43 bits per heavy atom. The SMILES string of the molecule is Cc1cc(S(=O)(=O)Nc2cc3c(cc2Cl)OCCO3)ccc1Br. The van der Waals surface area contributed by atoms with Gasteiger partial charge in [0.1, 0.15) is 13.2 Å². The maximum absolute atomic E-state index is 12.5. The van der Waals surface area contributed by atoms with E-state index >= 15 is 0 Å². The number of hydrogen-bond donors (Lipinski definition) is 1. The molecule has 0 saturated heterocycles. The van der Waals surface area contributed by atoms with Gasteiger partial charge < -0.3 is 9.47 Å². The molecule has 0 bridgehead atoms. The first-order chi connectivity index (χ1) is 10.9. The first kappa shape index (κ1) is 16.4. The molecule has 0 radical (unpaired) electrons. The van der Waals surface area contributed by atoms with Crippen LogP contribution in [0.1, 0.15) is 5.56 Å². The molecule has 0 amide bonds. The molecule has 8 heteroatoms. The van der Waals surface area contributed by atoms with Crippen LogP contribution in [-0.2, 0) is 10.0 Å². The molecule has 2 aromatic carbocycles. The third-order valence-electron chi connectivity index (χ3n) is 3.32. The minimum atomic E-state index is -3.75. The van der Waals surface area contributed by atoms with Crippen LogP contribution >= 0.6 is 27.5 Å². The third kappa shape index (κ3) is 3.41. The Labute approximate surface area is 147 Å². The highest BCUT2D eigenvalue weighted by atomic mass is 79.9. The fraction of sp³-hybridized carbons (Fsp3) is 0.200. The van der Waals surface area contributed by atoms with Crippen LogP contribution in [-0.4, -0.2) is 21.6 Å². The summed E-state index contributed by atoms with van der Waals surface area (Å²) in [6.07, 6.45) is 0. The second kappa shape index (κ2) is 6.22. The molecule has 1 N–H and O–H groups in total. The first-order valence-electron chi connectivity index (χ1n) is 6.75. The summed E-state index contributed by atoms with van der Waals surface area (Å²) in [6, 6.07) is 7.86. The Bertz CT molecular complexity index is 870. The molecule has 1 aliphatic rings. The number of rotatable bonds is 3. The predicted molar refractivity (Wildman–Crippen MR) is 92.1 cm³/mol. The predicted octanol–water partition coefficient (Wildman–Crippen LogP) is 3.98. The summed E-state index contributed by atoms with van der Waals surface area (Å²) < 4.78 is 39.2. The van der Waals surface area contributed by atoms with Crippen LogP contribution in [0.25, 0.3) is 0 Å². The smallest absolute Gasteiger partial charge is 0.261 e. The van der Waals surface area contributed by atoms with E-state index in [1.807, 2.05) is 6.92 Å². The molecule has 0 saturated carbocycles. The van der Waals surface area contributed by atoms with E-state index in [2.05, 4.69) is 20.7 Å². The number of nitrogens with one attached hydrogen (secondary N) is 1. The maximum atomic E-state index is 12.5. The number of ether oxygens (including phenoxy) is 2. The molecular weight excluding hydrogens is 406 g/mol. The second-order valence-electron chi connectivity index (χ2n) is 4.99. The molecular formula is C15H13BrClNO4S. The molecule has 0 aliphatic carbocycles. The highest BCUT2D eigenvalue weighted by molar-refractivity contribution is 9.10. The van der Waals surface area contributed by atoms with E-state index in [-0.39, 0.29) is 15.6 Å². The summed E-state index contributed by atoms with van der Waals surface area (Å²) in [5.74, 6) is 0.967. The Kier molecular flexibility index (Phi) is 4.44. The van der Waals surface area contributed by atoms with Crippen molar-refractivity contribution in [2.75, 3.05) is 17.9 Å². The van der Waals surface area contributed by atoms with Crippen molar-refractivity contribution in [2.24, 2.45) is 0 Å². The lowest BCUT2D eigenvalue weighted by atomic mass is 10.2. The molecule has 0 fully saturated rings. The summed E-state index contributed by atoms with van der Waals surface area (Å²) in [6.45, 7) is 2.67. The summed E-state index contributed by atoms with van der Waals surface area (Å²) >= 11 is 9.49. The topological polar surface area (TPSA) is 64.6 Å². The normalized spacial score (nSPS) is 13.7. The van der Waals surface area contributed by atoms with Gasteiger partial charge in [-0.05, 0) is 30.7 Å². The van der Waals surface area contributed by atoms with E-state index < -0.39 is 10.0 Å². The number of anilines is 1. The van der Waals surface area contributed by atoms with E-state index in [4.69, 9.17) is 21.1 Å². The number of sulfonamides is 1. The molecule has 1 aliphatic heterocycles. The van der Waals surface area contributed by atoms with Gasteiger partial charge in [0.15, 0.2) is 11.5 Å². The van der Waals surface area contributed by atoms with Gasteiger partial charge in [0.2, 0.25) is 0 Å². The molecule has 3 rings (SSSR count). The van der Waals surface area contributed by atoms with Gasteiger partial charge in [0.05, 0.1) is 15.6 Å². The van der Waals surface area contributed by atoms with E-state index in [1.54, 1.807) is 18.2 Å². The number of benzene rings is 2. The maximum Gasteiger partial charge on any atom is 0.261 e. The Balaban J connectivity index is 1.95. The zero-order chi connectivity index (χ0) is 16.6. The summed E-state index contributed by atoms with van der Waals surface area (Å²) in [7, 11) is -3.75. The van der Waals surface area contributed by atoms with Gasteiger partial charge in [-0.15, -0.1) is 0 Å². The van der Waals surface area contributed by atoms with Gasteiger partial charge in [-0.2, -0.15) is 0 Å². The second-order valence-corrected chi connectivity index (χ2v) is 7.94. The third-order valence-corrected chi connectivity index (χ3v) is 5.88. The highest BCUT2D eigenvalue weighted by Crippen LogP contribution is 2.38. The fourth-order valence-corrected chi connectivity index (χ4v) is 3.79. The van der Waals surface area contributed by atoms with Crippen molar-refractivity contribution in [3.8, 4) is 11.5 Å². The van der Waals surface area contributed by atoms with Crippen molar-refractivity contribution < 1.29 is 17.9 Å². The van der Waals surface area contributed by atoms with Crippen molar-refractivity contribution in [1.29, 1.82) is 0 Å². The van der Waals surface area contributed by atoms with E-state index in [1.165, 1.54) is 12.1 Å². The lowest BCUT2D eigenvalue weighted by molar-refractivity contribution is 0.171. The number of hydrogen-bond acceptors (Lipinski definition) is 4. The van der Waals surface area contributed by atoms with E-state index in [0.717, 1.165) is 10.0 Å². The molecule has 1 heterocycles. The van der Waals surface area contributed by atoms with Crippen molar-refractivity contribution in [2.45, 2.75) is 11.8 Å². The first-order valence-corrected chi connectivity index (χ1v) is 9.40.